The van der Waals surface area contributed by atoms with Gasteiger partial charge in [-0.05, 0) is 38.1 Å². The minimum absolute atomic E-state index is 0.0136. The zero-order chi connectivity index (χ0) is 15.1. The van der Waals surface area contributed by atoms with Crippen LogP contribution in [-0.2, 0) is 6.40 Å². The van der Waals surface area contributed by atoms with Gasteiger partial charge in [-0.2, -0.15) is 0 Å². The molecule has 1 aromatic heterocycles. The van der Waals surface area contributed by atoms with Gasteiger partial charge in [0.25, 0.3) is 0 Å². The molecule has 0 aliphatic heterocycles. The highest BCUT2D eigenvalue weighted by Gasteiger charge is 2.07. The molecule has 0 bridgehead atoms. The topological polar surface area (TPSA) is 39.3 Å². The maximum absolute atomic E-state index is 9.88. The quantitative estimate of drug-likeness (QED) is 0.811. The van der Waals surface area contributed by atoms with Gasteiger partial charge in [-0.25, -0.2) is 0 Å². The second-order valence-electron chi connectivity index (χ2n) is 3.37. The molecule has 0 amide bonds. The van der Waals surface area contributed by atoms with E-state index in [1.165, 1.54) is 19.3 Å². The molecule has 3 nitrogen and oxygen atoms in total. The van der Waals surface area contributed by atoms with Crippen molar-refractivity contribution in [2.24, 2.45) is 0 Å². The Balaban J connectivity index is 2.39. The van der Waals surface area contributed by atoms with Gasteiger partial charge in [0.1, 0.15) is 5.75 Å². The van der Waals surface area contributed by atoms with Gasteiger partial charge in [-0.3, -0.25) is 0 Å². The van der Waals surface area contributed by atoms with E-state index in [1.54, 1.807) is 12.1 Å². The summed E-state index contributed by atoms with van der Waals surface area (Å²) >= 11 is 0. The molecule has 0 radical (unpaired) electrons. The molecule has 15 heavy (non-hydrogen) atoms. The molecule has 0 aliphatic rings. The fourth-order valence-electron chi connectivity index (χ4n) is 1.52. The van der Waals surface area contributed by atoms with Crippen LogP contribution in [0.15, 0.2) is 24.4 Å². The molecule has 2 N–H and O–H groups in total. The number of benzene rings is 1. The van der Waals surface area contributed by atoms with Crippen LogP contribution in [-0.4, -0.2) is 35.5 Å². The van der Waals surface area contributed by atoms with Crippen LogP contribution in [0.2, 0.25) is 0 Å². The number of phenols is 1. The number of hydrogen-bond acceptors (Lipinski definition) is 2. The molecule has 2 aromatic rings. The third kappa shape index (κ3) is 1.97. The number of fused-ring (bicyclic) bond motifs is 1. The van der Waals surface area contributed by atoms with E-state index in [-0.39, 0.29) is 5.75 Å². The first-order valence-corrected chi connectivity index (χ1v) is 4.60. The van der Waals surface area contributed by atoms with Crippen molar-refractivity contribution >= 4 is 10.9 Å². The Hall–Kier alpha value is -1.48. The maximum Gasteiger partial charge on any atom is 0.125 e. The van der Waals surface area contributed by atoms with Crippen molar-refractivity contribution < 1.29 is 12.0 Å². The number of phenolic OH excluding ortho intramolecular Hbond substituents is 1. The third-order valence-corrected chi connectivity index (χ3v) is 2.19. The van der Waals surface area contributed by atoms with E-state index in [1.807, 2.05) is 0 Å². The fraction of sp³-hybridized carbons (Fsp3) is 0.333. The number of nitrogens with zero attached hydrogens (tertiary/aromatic N) is 1. The van der Waals surface area contributed by atoms with Gasteiger partial charge in [-0.1, -0.05) is 6.07 Å². The summed E-state index contributed by atoms with van der Waals surface area (Å²) in [5.74, 6) is 0.0136. The van der Waals surface area contributed by atoms with Crippen LogP contribution in [0.25, 0.3) is 10.9 Å². The van der Waals surface area contributed by atoms with Crippen molar-refractivity contribution in [3.63, 3.8) is 0 Å². The van der Waals surface area contributed by atoms with Gasteiger partial charge >= 0.3 is 0 Å². The van der Waals surface area contributed by atoms with Gasteiger partial charge in [0.2, 0.25) is 0 Å². The second-order valence-corrected chi connectivity index (χ2v) is 3.37. The Morgan fingerprint density at radius 2 is 2.47 bits per heavy atom. The van der Waals surface area contributed by atoms with Gasteiger partial charge in [0.05, 0.1) is 0 Å². The average Bonchev–Trinajstić information content (AvgIpc) is 2.80. The van der Waals surface area contributed by atoms with E-state index in [4.69, 9.17) is 6.85 Å². The molecule has 80 valence electrons. The number of H-pyrrole nitrogens is 1. The van der Waals surface area contributed by atoms with Gasteiger partial charge in [-0.15, -0.1) is 0 Å². The van der Waals surface area contributed by atoms with E-state index in [0.717, 1.165) is 4.90 Å². The number of nitrogens with one attached hydrogen (secondary N) is 1. The van der Waals surface area contributed by atoms with Crippen molar-refractivity contribution in [1.82, 2.24) is 9.88 Å². The predicted octanol–water partition coefficient (Wildman–Crippen LogP) is 1.98. The molecule has 0 saturated carbocycles. The zero-order valence-corrected chi connectivity index (χ0v) is 8.36. The van der Waals surface area contributed by atoms with Crippen molar-refractivity contribution in [3.05, 3.63) is 30.0 Å². The van der Waals surface area contributed by atoms with Gasteiger partial charge in [0.15, 0.2) is 0 Å². The number of rotatable bonds is 3. The Morgan fingerprint density at radius 1 is 1.60 bits per heavy atom. The first-order valence-electron chi connectivity index (χ1n) is 7.25. The molecule has 1 aromatic carbocycles. The normalized spacial score (nSPS) is 21.3. The molecule has 2 atom stereocenters. The predicted molar refractivity (Wildman–Crippen MR) is 62.2 cm³/mol. The highest BCUT2D eigenvalue weighted by atomic mass is 16.3. The van der Waals surface area contributed by atoms with E-state index in [9.17, 15) is 5.11 Å². The highest BCUT2D eigenvalue weighted by molar-refractivity contribution is 5.88. The van der Waals surface area contributed by atoms with Crippen molar-refractivity contribution in [1.29, 1.82) is 0 Å². The molecule has 0 spiro atoms. The minimum Gasteiger partial charge on any atom is -0.507 e. The Labute approximate surface area is 96.4 Å². The third-order valence-electron chi connectivity index (χ3n) is 2.19. The smallest absolute Gasteiger partial charge is 0.125 e. The van der Waals surface area contributed by atoms with Gasteiger partial charge in [0, 0.05) is 30.5 Å². The molecule has 2 unspecified atom stereocenters. The van der Waals surface area contributed by atoms with Crippen molar-refractivity contribution in [3.8, 4) is 5.75 Å². The van der Waals surface area contributed by atoms with Crippen molar-refractivity contribution in [2.45, 2.75) is 6.40 Å². The fourth-order valence-corrected chi connectivity index (χ4v) is 1.52. The van der Waals surface area contributed by atoms with Crippen LogP contribution in [0.1, 0.15) is 12.4 Å². The average molecular weight is 209 g/mol. The standard InChI is InChI=1S/C12H16N2O/c1-14(2)7-6-9-8-13-10-4-3-5-11(15)12(9)10/h3-5,8,13,15H,6-7H2,1-2H3/i1D3,6D,7D. The SMILES string of the molecule is [2H]C(c1c[nH]c2cccc(O)c12)C([2H])N(C)C([2H])([2H])[2H]. The molecule has 0 aliphatic carbocycles. The molecule has 3 heteroatoms. The summed E-state index contributed by atoms with van der Waals surface area (Å²) in [4.78, 5) is 3.78. The largest absolute Gasteiger partial charge is 0.507 e. The Bertz CT molecular complexity index is 609. The molecule has 0 saturated heterocycles. The summed E-state index contributed by atoms with van der Waals surface area (Å²) in [6.07, 6.45) is 0.430. The number of aromatic hydroxyl groups is 1. The van der Waals surface area contributed by atoms with Crippen LogP contribution in [0.4, 0.5) is 0 Å². The van der Waals surface area contributed by atoms with Crippen LogP contribution in [0.3, 0.4) is 0 Å². The lowest BCUT2D eigenvalue weighted by atomic mass is 10.1. The van der Waals surface area contributed by atoms with Crippen LogP contribution < -0.4 is 0 Å². The Kier molecular flexibility index (Phi) is 1.46. The lowest BCUT2D eigenvalue weighted by Gasteiger charge is -2.08. The Morgan fingerprint density at radius 3 is 3.27 bits per heavy atom. The summed E-state index contributed by atoms with van der Waals surface area (Å²) in [6.45, 7) is -3.69. The maximum atomic E-state index is 9.88. The first kappa shape index (κ1) is 5.56. The van der Waals surface area contributed by atoms with E-state index in [0.29, 0.717) is 16.5 Å². The van der Waals surface area contributed by atoms with Gasteiger partial charge < -0.3 is 15.0 Å². The van der Waals surface area contributed by atoms with E-state index in [2.05, 4.69) is 4.98 Å². The number of aromatic nitrogens is 1. The molecule has 1 heterocycles. The van der Waals surface area contributed by atoms with Crippen LogP contribution in [0.5, 0.6) is 5.75 Å². The van der Waals surface area contributed by atoms with Crippen LogP contribution in [0, 0.1) is 0 Å². The van der Waals surface area contributed by atoms with E-state index < -0.39 is 19.9 Å². The lowest BCUT2D eigenvalue weighted by molar-refractivity contribution is 0.414. The summed E-state index contributed by atoms with van der Waals surface area (Å²) < 4.78 is 37.9. The second kappa shape index (κ2) is 3.95. The molecular weight excluding hydrogens is 188 g/mol. The first-order chi connectivity index (χ1) is 9.23. The summed E-state index contributed by atoms with van der Waals surface area (Å²) in [5, 5.41) is 10.3. The monoisotopic (exact) mass is 209 g/mol. The molecule has 2 rings (SSSR count). The number of likely N-dealkylation sites (N-methyl/N-ethyl adjacent to an activating group) is 1. The lowest BCUT2D eigenvalue weighted by Crippen LogP contribution is -2.14. The highest BCUT2D eigenvalue weighted by Crippen LogP contribution is 2.27. The van der Waals surface area contributed by atoms with E-state index >= 15 is 0 Å². The van der Waals surface area contributed by atoms with Crippen LogP contribution >= 0.6 is 0 Å². The summed E-state index contributed by atoms with van der Waals surface area (Å²) in [5.41, 5.74) is 1.06. The summed E-state index contributed by atoms with van der Waals surface area (Å²) in [6, 6.07) is 4.92. The minimum atomic E-state index is -2.43. The number of aromatic amines is 1. The number of hydrogen-bond donors (Lipinski definition) is 2. The molecular formula is C12H16N2O. The molecule has 0 fully saturated rings. The number of aryl methyl sites for hydroxylation is 1. The van der Waals surface area contributed by atoms with Crippen molar-refractivity contribution in [2.75, 3.05) is 20.5 Å². The summed E-state index contributed by atoms with van der Waals surface area (Å²) in [7, 11) is 1.29. The zero-order valence-electron chi connectivity index (χ0n) is 13.4.